The topological polar surface area (TPSA) is 12.0 Å². The van der Waals surface area contributed by atoms with E-state index in [1.807, 2.05) is 0 Å². The van der Waals surface area contributed by atoms with Gasteiger partial charge in [-0.1, -0.05) is 43.2 Å². The molecule has 1 aromatic rings. The van der Waals surface area contributed by atoms with Crippen molar-refractivity contribution in [3.05, 3.63) is 52.6 Å². The van der Waals surface area contributed by atoms with Crippen molar-refractivity contribution >= 4 is 5.57 Å². The largest absolute Gasteiger partial charge is 0.313 e. The van der Waals surface area contributed by atoms with Crippen LogP contribution in [-0.2, 0) is 6.54 Å². The second-order valence-electron chi connectivity index (χ2n) is 5.83. The van der Waals surface area contributed by atoms with Crippen molar-refractivity contribution < 1.29 is 0 Å². The van der Waals surface area contributed by atoms with E-state index in [-0.39, 0.29) is 0 Å². The number of rotatable bonds is 7. The van der Waals surface area contributed by atoms with E-state index in [9.17, 15) is 0 Å². The second kappa shape index (κ2) is 8.06. The Morgan fingerprint density at radius 1 is 1.20 bits per heavy atom. The Labute approximate surface area is 124 Å². The number of hydrogen-bond donors (Lipinski definition) is 1. The maximum absolute atomic E-state index is 4.12. The molecule has 20 heavy (non-hydrogen) atoms. The van der Waals surface area contributed by atoms with Crippen LogP contribution in [0.15, 0.2) is 35.9 Å². The van der Waals surface area contributed by atoms with Crippen LogP contribution in [0, 0.1) is 6.92 Å². The maximum atomic E-state index is 4.12. The van der Waals surface area contributed by atoms with Crippen LogP contribution in [0.2, 0.25) is 0 Å². The molecule has 0 atom stereocenters. The van der Waals surface area contributed by atoms with Crippen LogP contribution >= 0.6 is 0 Å². The molecule has 0 bridgehead atoms. The van der Waals surface area contributed by atoms with Gasteiger partial charge in [-0.2, -0.15) is 0 Å². The second-order valence-corrected chi connectivity index (χ2v) is 5.83. The molecule has 0 saturated carbocycles. The molecule has 0 saturated heterocycles. The molecule has 0 spiro atoms. The summed E-state index contributed by atoms with van der Waals surface area (Å²) in [5.41, 5.74) is 7.78. The van der Waals surface area contributed by atoms with Crippen molar-refractivity contribution in [3.8, 4) is 0 Å². The van der Waals surface area contributed by atoms with Crippen LogP contribution in [0.4, 0.5) is 0 Å². The number of aryl methyl sites for hydroxylation is 1. The molecule has 0 radical (unpaired) electrons. The van der Waals surface area contributed by atoms with Gasteiger partial charge in [0.15, 0.2) is 0 Å². The summed E-state index contributed by atoms with van der Waals surface area (Å²) in [6.07, 6.45) is 2.48. The van der Waals surface area contributed by atoms with Crippen molar-refractivity contribution in [2.24, 2.45) is 0 Å². The molecule has 0 aliphatic carbocycles. The van der Waals surface area contributed by atoms with E-state index in [1.165, 1.54) is 40.7 Å². The summed E-state index contributed by atoms with van der Waals surface area (Å²) < 4.78 is 0. The summed E-state index contributed by atoms with van der Waals surface area (Å²) in [6, 6.07) is 6.74. The zero-order valence-corrected chi connectivity index (χ0v) is 13.8. The molecule has 0 heterocycles. The Kier molecular flexibility index (Phi) is 6.74. The van der Waals surface area contributed by atoms with E-state index in [0.29, 0.717) is 0 Å². The van der Waals surface area contributed by atoms with Crippen LogP contribution in [-0.4, -0.2) is 6.54 Å². The van der Waals surface area contributed by atoms with E-state index < -0.39 is 0 Å². The number of allylic oxidation sites excluding steroid dienone is 3. The Morgan fingerprint density at radius 2 is 1.90 bits per heavy atom. The van der Waals surface area contributed by atoms with Gasteiger partial charge in [0.2, 0.25) is 0 Å². The van der Waals surface area contributed by atoms with Gasteiger partial charge < -0.3 is 5.32 Å². The first-order valence-electron chi connectivity index (χ1n) is 7.61. The zero-order chi connectivity index (χ0) is 15.1. The smallest absolute Gasteiger partial charge is 0.0208 e. The third-order valence-corrected chi connectivity index (χ3v) is 3.59. The molecule has 110 valence electrons. The molecule has 0 aliphatic rings. The number of nitrogens with one attached hydrogen (secondary N) is 1. The summed E-state index contributed by atoms with van der Waals surface area (Å²) >= 11 is 0. The highest BCUT2D eigenvalue weighted by Crippen LogP contribution is 2.27. The van der Waals surface area contributed by atoms with Gasteiger partial charge in [-0.15, -0.1) is 0 Å². The molecule has 1 nitrogen and oxygen atoms in total. The van der Waals surface area contributed by atoms with Gasteiger partial charge in [0.1, 0.15) is 0 Å². The van der Waals surface area contributed by atoms with Crippen LogP contribution in [0.5, 0.6) is 0 Å². The van der Waals surface area contributed by atoms with E-state index >= 15 is 0 Å². The highest BCUT2D eigenvalue weighted by molar-refractivity contribution is 5.80. The van der Waals surface area contributed by atoms with Gasteiger partial charge in [-0.3, -0.25) is 0 Å². The molecule has 1 N–H and O–H groups in total. The summed E-state index contributed by atoms with van der Waals surface area (Å²) in [7, 11) is 0. The predicted octanol–water partition coefficient (Wildman–Crippen LogP) is 5.25. The maximum Gasteiger partial charge on any atom is 0.0208 e. The summed E-state index contributed by atoms with van der Waals surface area (Å²) in [4.78, 5) is 0. The molecule has 0 aliphatic heterocycles. The van der Waals surface area contributed by atoms with E-state index in [4.69, 9.17) is 0 Å². The average molecular weight is 271 g/mol. The molecule has 1 heteroatoms. The lowest BCUT2D eigenvalue weighted by atomic mass is 9.93. The van der Waals surface area contributed by atoms with Gasteiger partial charge in [0.25, 0.3) is 0 Å². The fourth-order valence-corrected chi connectivity index (χ4v) is 2.50. The Bertz CT molecular complexity index is 490. The standard InChI is InChI=1S/C19H29N/c1-7-8-11-20-13-18-12-17(10-9-16(18)6)19(14(2)3)15(4)5/h9-10,12,20H,2,7-8,11,13H2,1,3-6H3. The Morgan fingerprint density at radius 3 is 2.45 bits per heavy atom. The first kappa shape index (κ1) is 16.7. The number of hydrogen-bond acceptors (Lipinski definition) is 1. The average Bonchev–Trinajstić information content (AvgIpc) is 2.37. The predicted molar refractivity (Wildman–Crippen MR) is 90.9 cm³/mol. The van der Waals surface area contributed by atoms with Gasteiger partial charge in [-0.25, -0.2) is 0 Å². The molecular formula is C19H29N. The van der Waals surface area contributed by atoms with Crippen molar-refractivity contribution in [1.82, 2.24) is 5.32 Å². The van der Waals surface area contributed by atoms with Gasteiger partial charge in [0.05, 0.1) is 0 Å². The Hall–Kier alpha value is -1.34. The van der Waals surface area contributed by atoms with E-state index in [0.717, 1.165) is 18.7 Å². The first-order valence-corrected chi connectivity index (χ1v) is 7.61. The van der Waals surface area contributed by atoms with E-state index in [2.05, 4.69) is 64.7 Å². The fraction of sp³-hybridized carbons (Fsp3) is 0.474. The van der Waals surface area contributed by atoms with Crippen molar-refractivity contribution in [2.45, 2.75) is 54.0 Å². The van der Waals surface area contributed by atoms with Crippen molar-refractivity contribution in [1.29, 1.82) is 0 Å². The van der Waals surface area contributed by atoms with E-state index in [1.54, 1.807) is 0 Å². The molecule has 0 fully saturated rings. The fourth-order valence-electron chi connectivity index (χ4n) is 2.50. The van der Waals surface area contributed by atoms with Gasteiger partial charge in [0, 0.05) is 6.54 Å². The quantitative estimate of drug-likeness (QED) is 0.527. The monoisotopic (exact) mass is 271 g/mol. The van der Waals surface area contributed by atoms with Crippen molar-refractivity contribution in [2.75, 3.05) is 6.54 Å². The SMILES string of the molecule is C=C(C)C(=C(C)C)c1ccc(C)c(CNCCCC)c1. The minimum absolute atomic E-state index is 0.950. The lowest BCUT2D eigenvalue weighted by Crippen LogP contribution is -2.15. The number of benzene rings is 1. The minimum atomic E-state index is 0.950. The molecule has 1 aromatic carbocycles. The molecule has 0 unspecified atom stereocenters. The molecule has 1 rings (SSSR count). The summed E-state index contributed by atoms with van der Waals surface area (Å²) in [6.45, 7) is 17.0. The van der Waals surface area contributed by atoms with Crippen LogP contribution in [0.1, 0.15) is 57.2 Å². The summed E-state index contributed by atoms with van der Waals surface area (Å²) in [5.74, 6) is 0. The highest BCUT2D eigenvalue weighted by atomic mass is 14.8. The minimum Gasteiger partial charge on any atom is -0.313 e. The van der Waals surface area contributed by atoms with Crippen LogP contribution < -0.4 is 5.32 Å². The zero-order valence-electron chi connectivity index (χ0n) is 13.8. The molecular weight excluding hydrogens is 242 g/mol. The van der Waals surface area contributed by atoms with Crippen molar-refractivity contribution in [3.63, 3.8) is 0 Å². The number of unbranched alkanes of at least 4 members (excludes halogenated alkanes) is 1. The lowest BCUT2D eigenvalue weighted by Gasteiger charge is -2.14. The van der Waals surface area contributed by atoms with Gasteiger partial charge >= 0.3 is 0 Å². The summed E-state index contributed by atoms with van der Waals surface area (Å²) in [5, 5.41) is 3.53. The van der Waals surface area contributed by atoms with Crippen LogP contribution in [0.25, 0.3) is 5.57 Å². The van der Waals surface area contributed by atoms with Gasteiger partial charge in [-0.05, 0) is 69.0 Å². The third-order valence-electron chi connectivity index (χ3n) is 3.59. The lowest BCUT2D eigenvalue weighted by molar-refractivity contribution is 0.640. The first-order chi connectivity index (χ1) is 9.47. The third kappa shape index (κ3) is 4.64. The molecule has 0 amide bonds. The highest BCUT2D eigenvalue weighted by Gasteiger charge is 2.07. The molecule has 0 aromatic heterocycles. The van der Waals surface area contributed by atoms with Crippen LogP contribution in [0.3, 0.4) is 0 Å². The Balaban J connectivity index is 2.96. The normalized spacial score (nSPS) is 10.4.